The van der Waals surface area contributed by atoms with Crippen LogP contribution in [0.2, 0.25) is 5.28 Å². The minimum absolute atomic E-state index is 0.162. The van der Waals surface area contributed by atoms with E-state index in [1.165, 1.54) is 87.9 Å². The zero-order valence-corrected chi connectivity index (χ0v) is 37.6. The van der Waals surface area contributed by atoms with Crippen molar-refractivity contribution < 1.29 is 0 Å². The Hall–Kier alpha value is -8.18. The number of hydrogen-bond acceptors (Lipinski definition) is 3. The molecule has 10 aromatic carbocycles. The fourth-order valence-electron chi connectivity index (χ4n) is 10.8. The summed E-state index contributed by atoms with van der Waals surface area (Å²) in [5.74, 6) is 1.07. The number of nitrogens with zero attached hydrogens (tertiary/aromatic N) is 3. The van der Waals surface area contributed by atoms with Crippen LogP contribution in [-0.4, -0.2) is 19.9 Å². The third kappa shape index (κ3) is 6.32. The summed E-state index contributed by atoms with van der Waals surface area (Å²) in [6.45, 7) is 4.78. The Morgan fingerprint density at radius 3 is 1.52 bits per heavy atom. The van der Waals surface area contributed by atoms with E-state index in [-0.39, 0.29) is 10.7 Å². The molecule has 0 saturated carbocycles. The maximum Gasteiger partial charge on any atom is 0.226 e. The third-order valence-electron chi connectivity index (χ3n) is 14.0. The van der Waals surface area contributed by atoms with E-state index in [9.17, 15) is 0 Å². The minimum atomic E-state index is -0.248. The second-order valence-electron chi connectivity index (χ2n) is 18.2. The molecule has 1 aliphatic carbocycles. The number of benzene rings is 10. The molecule has 12 aromatic rings. The maximum atomic E-state index is 6.50. The van der Waals surface area contributed by atoms with E-state index >= 15 is 0 Å². The molecule has 1 N–H and O–H groups in total. The highest BCUT2D eigenvalue weighted by Gasteiger charge is 2.38. The first-order valence-electron chi connectivity index (χ1n) is 22.8. The molecule has 0 atom stereocenters. The van der Waals surface area contributed by atoms with Gasteiger partial charge in [0.15, 0.2) is 11.6 Å². The van der Waals surface area contributed by atoms with E-state index in [1.807, 2.05) is 30.3 Å². The highest BCUT2D eigenvalue weighted by molar-refractivity contribution is 6.32. The van der Waals surface area contributed by atoms with E-state index in [2.05, 4.69) is 205 Å². The van der Waals surface area contributed by atoms with Crippen LogP contribution >= 0.6 is 11.6 Å². The zero-order valence-electron chi connectivity index (χ0n) is 36.8. The number of rotatable bonds is 6. The summed E-state index contributed by atoms with van der Waals surface area (Å²) in [5.41, 5.74) is 18.6. The number of nitrogens with one attached hydrogen (secondary N) is 1. The van der Waals surface area contributed by atoms with Crippen molar-refractivity contribution in [2.24, 2.45) is 0 Å². The average molecular weight is 877 g/mol. The third-order valence-corrected chi connectivity index (χ3v) is 14.2. The molecule has 0 spiro atoms. The highest BCUT2D eigenvalue weighted by atomic mass is 35.5. The number of hydrogen-bond donors (Lipinski definition) is 1. The summed E-state index contributed by atoms with van der Waals surface area (Å²) in [6, 6.07) is 74.0. The molecule has 0 saturated heterocycles. The molecule has 67 heavy (non-hydrogen) atoms. The molecule has 0 unspecified atom stereocenters. The van der Waals surface area contributed by atoms with Crippen molar-refractivity contribution in [3.8, 4) is 78.4 Å². The van der Waals surface area contributed by atoms with Gasteiger partial charge in [-0.05, 0) is 101 Å². The number of para-hydroxylation sites is 1. The monoisotopic (exact) mass is 876 g/mol. The summed E-state index contributed by atoms with van der Waals surface area (Å²) < 4.78 is 0. The van der Waals surface area contributed by atoms with Gasteiger partial charge in [0.05, 0.1) is 11.0 Å². The number of halogens is 1. The van der Waals surface area contributed by atoms with Gasteiger partial charge in [-0.1, -0.05) is 208 Å². The lowest BCUT2D eigenvalue weighted by molar-refractivity contribution is 0.662. The molecule has 0 aliphatic heterocycles. The summed E-state index contributed by atoms with van der Waals surface area (Å²) in [6.07, 6.45) is 0. The molecule has 0 fully saturated rings. The van der Waals surface area contributed by atoms with E-state index in [4.69, 9.17) is 16.6 Å². The van der Waals surface area contributed by atoms with Crippen molar-refractivity contribution in [3.63, 3.8) is 0 Å². The molecule has 13 rings (SSSR count). The van der Waals surface area contributed by atoms with Crippen molar-refractivity contribution in [2.45, 2.75) is 19.3 Å². The first kappa shape index (κ1) is 39.2. The van der Waals surface area contributed by atoms with Crippen LogP contribution in [0.1, 0.15) is 25.0 Å². The van der Waals surface area contributed by atoms with Crippen molar-refractivity contribution in [1.29, 1.82) is 0 Å². The Bertz CT molecular complexity index is 3940. The number of H-pyrrole nitrogens is 1. The second-order valence-corrected chi connectivity index (χ2v) is 18.5. The number of aromatic nitrogens is 4. The van der Waals surface area contributed by atoms with Gasteiger partial charge in [-0.15, -0.1) is 0 Å². The Morgan fingerprint density at radius 1 is 0.358 bits per heavy atom. The van der Waals surface area contributed by atoms with Crippen LogP contribution in [-0.2, 0) is 5.41 Å². The van der Waals surface area contributed by atoms with E-state index in [1.54, 1.807) is 0 Å². The summed E-state index contributed by atoms with van der Waals surface area (Å²) >= 11 is 6.50. The first-order chi connectivity index (χ1) is 32.9. The molecular weight excluding hydrogens is 836 g/mol. The lowest BCUT2D eigenvalue weighted by atomic mass is 9.78. The SMILES string of the molecule is CC1(C)c2cc(-c3cccc(-c4ccc(-c5nc(Cl)nc(-c6ccc(-c7ccccc7)cc6)n5)cc4)c3)ccc2-c2cccc(-c3cccc4c3[nH]c3c5ccccc5c5ccccc5c43)c21. The quantitative estimate of drug-likeness (QED) is 0.169. The Balaban J connectivity index is 0.823. The standard InChI is InChI=1S/C62H41ClN4/c1-62(2)54-36-44(43-16-10-15-42(35-43)39-27-31-41(32-28-39)60-65-59(66-61(63)67-60)40-29-25-38(26-30-40)37-13-4-3-5-14-37)33-34-47(54)49-21-11-22-50(56(49)62)52-23-12-24-53-55-48-19-8-6-17-45(48)46-18-7-9-20-51(46)58(55)64-57(52)53/h3-36,64H,1-2H3. The predicted octanol–water partition coefficient (Wildman–Crippen LogP) is 16.8. The van der Waals surface area contributed by atoms with Gasteiger partial charge in [0, 0.05) is 38.3 Å². The normalized spacial score (nSPS) is 12.8. The van der Waals surface area contributed by atoms with Gasteiger partial charge in [-0.25, -0.2) is 4.98 Å². The molecule has 0 amide bonds. The largest absolute Gasteiger partial charge is 0.353 e. The maximum absolute atomic E-state index is 6.50. The van der Waals surface area contributed by atoms with E-state index in [0.29, 0.717) is 11.6 Å². The smallest absolute Gasteiger partial charge is 0.226 e. The highest BCUT2D eigenvalue weighted by Crippen LogP contribution is 2.54. The van der Waals surface area contributed by atoms with Crippen LogP contribution in [0.15, 0.2) is 206 Å². The molecule has 2 aromatic heterocycles. The summed E-state index contributed by atoms with van der Waals surface area (Å²) in [4.78, 5) is 17.8. The van der Waals surface area contributed by atoms with Gasteiger partial charge in [0.25, 0.3) is 0 Å². The Kier molecular flexibility index (Phi) is 8.89. The summed E-state index contributed by atoms with van der Waals surface area (Å²) in [7, 11) is 0. The molecule has 5 heteroatoms. The fraction of sp³-hybridized carbons (Fsp3) is 0.0484. The van der Waals surface area contributed by atoms with Gasteiger partial charge < -0.3 is 4.98 Å². The van der Waals surface area contributed by atoms with Crippen molar-refractivity contribution in [3.05, 3.63) is 223 Å². The molecule has 2 heterocycles. The minimum Gasteiger partial charge on any atom is -0.353 e. The van der Waals surface area contributed by atoms with Gasteiger partial charge in [0.2, 0.25) is 5.28 Å². The predicted molar refractivity (Wildman–Crippen MR) is 279 cm³/mol. The van der Waals surface area contributed by atoms with Crippen LogP contribution in [0, 0.1) is 0 Å². The molecule has 1 aliphatic rings. The van der Waals surface area contributed by atoms with Crippen LogP contribution in [0.5, 0.6) is 0 Å². The van der Waals surface area contributed by atoms with Gasteiger partial charge >= 0.3 is 0 Å². The molecule has 4 nitrogen and oxygen atoms in total. The van der Waals surface area contributed by atoms with Crippen LogP contribution in [0.3, 0.4) is 0 Å². The molecule has 0 radical (unpaired) electrons. The molecule has 0 bridgehead atoms. The fourth-order valence-corrected chi connectivity index (χ4v) is 11.0. The zero-order chi connectivity index (χ0) is 44.8. The number of aromatic amines is 1. The second kappa shape index (κ2) is 15.2. The average Bonchev–Trinajstić information content (AvgIpc) is 3.89. The lowest BCUT2D eigenvalue weighted by Gasteiger charge is -2.25. The van der Waals surface area contributed by atoms with Gasteiger partial charge in [-0.3, -0.25) is 0 Å². The molecular formula is C62H41ClN4. The van der Waals surface area contributed by atoms with Crippen molar-refractivity contribution >= 4 is 55.0 Å². The van der Waals surface area contributed by atoms with Crippen LogP contribution in [0.25, 0.3) is 122 Å². The summed E-state index contributed by atoms with van der Waals surface area (Å²) in [5, 5.41) is 7.78. The van der Waals surface area contributed by atoms with Crippen molar-refractivity contribution in [1.82, 2.24) is 19.9 Å². The number of fused-ring (bicyclic) bond motifs is 11. The van der Waals surface area contributed by atoms with Gasteiger partial charge in [0.1, 0.15) is 0 Å². The van der Waals surface area contributed by atoms with Gasteiger partial charge in [-0.2, -0.15) is 9.97 Å². The topological polar surface area (TPSA) is 54.5 Å². The first-order valence-corrected chi connectivity index (χ1v) is 23.2. The van der Waals surface area contributed by atoms with E-state index in [0.717, 1.165) is 33.4 Å². The van der Waals surface area contributed by atoms with Crippen molar-refractivity contribution in [2.75, 3.05) is 0 Å². The molecule has 316 valence electrons. The van der Waals surface area contributed by atoms with Crippen LogP contribution < -0.4 is 0 Å². The Morgan fingerprint density at radius 2 is 0.821 bits per heavy atom. The Labute approximate surface area is 393 Å². The van der Waals surface area contributed by atoms with Crippen LogP contribution in [0.4, 0.5) is 0 Å². The van der Waals surface area contributed by atoms with E-state index < -0.39 is 0 Å². The lowest BCUT2D eigenvalue weighted by Crippen LogP contribution is -2.16.